The first-order chi connectivity index (χ1) is 7.75. The number of hydrogen-bond donors (Lipinski definition) is 1. The minimum Gasteiger partial charge on any atom is -0.250 e. The van der Waals surface area contributed by atoms with Gasteiger partial charge >= 0.3 is 0 Å². The van der Waals surface area contributed by atoms with E-state index in [-0.39, 0.29) is 0 Å². The van der Waals surface area contributed by atoms with E-state index < -0.39 is 0 Å². The van der Waals surface area contributed by atoms with E-state index in [0.717, 1.165) is 11.4 Å². The predicted molar refractivity (Wildman–Crippen MR) is 61.9 cm³/mol. The van der Waals surface area contributed by atoms with Gasteiger partial charge in [0.05, 0.1) is 24.1 Å². The summed E-state index contributed by atoms with van der Waals surface area (Å²) in [5.74, 6) is 0. The Bertz CT molecular complexity index is 435. The zero-order valence-electron chi connectivity index (χ0n) is 9.46. The number of nitrogens with one attached hydrogen (secondary N) is 1. The van der Waals surface area contributed by atoms with Crippen LogP contribution in [-0.2, 0) is 6.54 Å². The van der Waals surface area contributed by atoms with E-state index in [9.17, 15) is 0 Å². The molecule has 0 saturated heterocycles. The van der Waals surface area contributed by atoms with Crippen LogP contribution in [0.15, 0.2) is 36.5 Å². The quantitative estimate of drug-likeness (QED) is 0.771. The minimum absolute atomic E-state index is 0.680. The fourth-order valence-electron chi connectivity index (χ4n) is 1.30. The van der Waals surface area contributed by atoms with Gasteiger partial charge in [-0.15, -0.1) is 0 Å². The second kappa shape index (κ2) is 4.87. The van der Waals surface area contributed by atoms with E-state index in [4.69, 9.17) is 0 Å². The van der Waals surface area contributed by atoms with Gasteiger partial charge in [-0.2, -0.15) is 15.0 Å². The molecule has 0 amide bonds. The zero-order valence-corrected chi connectivity index (χ0v) is 9.46. The molecule has 5 nitrogen and oxygen atoms in total. The highest BCUT2D eigenvalue weighted by Gasteiger charge is 2.01. The van der Waals surface area contributed by atoms with Crippen molar-refractivity contribution in [3.63, 3.8) is 0 Å². The molecule has 1 N–H and O–H groups in total. The normalized spacial score (nSPS) is 10.9. The van der Waals surface area contributed by atoms with Gasteiger partial charge in [-0.25, -0.2) is 5.43 Å². The van der Waals surface area contributed by atoms with Gasteiger partial charge in [0.2, 0.25) is 0 Å². The Hall–Kier alpha value is -1.72. The molecule has 0 atom stereocenters. The molecule has 2 aromatic rings. The molecule has 16 heavy (non-hydrogen) atoms. The molecule has 0 aliphatic carbocycles. The van der Waals surface area contributed by atoms with Gasteiger partial charge in [-0.05, 0) is 12.1 Å². The maximum absolute atomic E-state index is 4.37. The average molecular weight is 217 g/mol. The second-order valence-electron chi connectivity index (χ2n) is 3.69. The highest BCUT2D eigenvalue weighted by molar-refractivity contribution is 5.28. The molecule has 0 spiro atoms. The maximum Gasteiger partial charge on any atom is 0.0983 e. The van der Waals surface area contributed by atoms with Crippen LogP contribution < -0.4 is 5.43 Å². The Morgan fingerprint density at radius 2 is 2.00 bits per heavy atom. The lowest BCUT2D eigenvalue weighted by atomic mass is 10.3. The molecular weight excluding hydrogens is 202 g/mol. The van der Waals surface area contributed by atoms with E-state index in [1.165, 1.54) is 0 Å². The van der Waals surface area contributed by atoms with Crippen molar-refractivity contribution in [2.45, 2.75) is 6.54 Å². The van der Waals surface area contributed by atoms with Gasteiger partial charge < -0.3 is 0 Å². The Kier molecular flexibility index (Phi) is 3.28. The molecule has 84 valence electrons. The van der Waals surface area contributed by atoms with E-state index in [2.05, 4.69) is 15.6 Å². The van der Waals surface area contributed by atoms with Crippen molar-refractivity contribution in [1.82, 2.24) is 25.4 Å². The summed E-state index contributed by atoms with van der Waals surface area (Å²) in [6.45, 7) is 0.680. The summed E-state index contributed by atoms with van der Waals surface area (Å²) in [4.78, 5) is 1.63. The van der Waals surface area contributed by atoms with Crippen LogP contribution in [0.4, 0.5) is 0 Å². The molecule has 1 heterocycles. The van der Waals surface area contributed by atoms with Crippen LogP contribution in [-0.4, -0.2) is 34.1 Å². The molecule has 0 fully saturated rings. The molecule has 2 rings (SSSR count). The van der Waals surface area contributed by atoms with Gasteiger partial charge in [-0.3, -0.25) is 5.01 Å². The first kappa shape index (κ1) is 10.8. The lowest BCUT2D eigenvalue weighted by Crippen LogP contribution is -2.29. The monoisotopic (exact) mass is 217 g/mol. The summed E-state index contributed by atoms with van der Waals surface area (Å²) >= 11 is 0. The smallest absolute Gasteiger partial charge is 0.0983 e. The second-order valence-corrected chi connectivity index (χ2v) is 3.69. The first-order valence-corrected chi connectivity index (χ1v) is 5.13. The van der Waals surface area contributed by atoms with Crippen molar-refractivity contribution >= 4 is 0 Å². The summed E-state index contributed by atoms with van der Waals surface area (Å²) < 4.78 is 0. The van der Waals surface area contributed by atoms with Crippen molar-refractivity contribution in [3.05, 3.63) is 42.2 Å². The highest BCUT2D eigenvalue weighted by Crippen LogP contribution is 2.03. The summed E-state index contributed by atoms with van der Waals surface area (Å²) in [5.41, 5.74) is 5.03. The third kappa shape index (κ3) is 2.65. The van der Waals surface area contributed by atoms with Gasteiger partial charge in [-0.1, -0.05) is 18.2 Å². The molecule has 0 saturated carbocycles. The van der Waals surface area contributed by atoms with Crippen LogP contribution in [0.2, 0.25) is 0 Å². The van der Waals surface area contributed by atoms with Gasteiger partial charge in [0.25, 0.3) is 0 Å². The van der Waals surface area contributed by atoms with Crippen LogP contribution in [0, 0.1) is 0 Å². The lowest BCUT2D eigenvalue weighted by molar-refractivity contribution is 0.284. The number of para-hydroxylation sites is 1. The largest absolute Gasteiger partial charge is 0.250 e. The molecule has 1 aromatic heterocycles. The summed E-state index contributed by atoms with van der Waals surface area (Å²) in [6.07, 6.45) is 1.77. The van der Waals surface area contributed by atoms with Gasteiger partial charge in [0.15, 0.2) is 0 Å². The Balaban J connectivity index is 2.08. The molecule has 1 aromatic carbocycles. The van der Waals surface area contributed by atoms with Gasteiger partial charge in [0, 0.05) is 14.1 Å². The van der Waals surface area contributed by atoms with Crippen molar-refractivity contribution < 1.29 is 0 Å². The Morgan fingerprint density at radius 3 is 2.69 bits per heavy atom. The third-order valence-corrected chi connectivity index (χ3v) is 2.10. The number of hydrazine groups is 1. The first-order valence-electron chi connectivity index (χ1n) is 5.13. The predicted octanol–water partition coefficient (Wildman–Crippen LogP) is 0.833. The van der Waals surface area contributed by atoms with Crippen molar-refractivity contribution in [1.29, 1.82) is 0 Å². The van der Waals surface area contributed by atoms with Crippen molar-refractivity contribution in [2.24, 2.45) is 0 Å². The molecule has 0 aliphatic rings. The molecular formula is C11H15N5. The van der Waals surface area contributed by atoms with Crippen LogP contribution in [0.25, 0.3) is 5.69 Å². The number of aromatic nitrogens is 3. The summed E-state index contributed by atoms with van der Waals surface area (Å²) in [6, 6.07) is 9.86. The van der Waals surface area contributed by atoms with E-state index in [0.29, 0.717) is 6.54 Å². The van der Waals surface area contributed by atoms with E-state index in [1.807, 2.05) is 49.4 Å². The molecule has 0 aliphatic heterocycles. The average Bonchev–Trinajstić information content (AvgIpc) is 2.76. The Morgan fingerprint density at radius 1 is 1.25 bits per heavy atom. The van der Waals surface area contributed by atoms with Crippen LogP contribution >= 0.6 is 0 Å². The van der Waals surface area contributed by atoms with Crippen molar-refractivity contribution in [2.75, 3.05) is 14.1 Å². The molecule has 0 unspecified atom stereocenters. The van der Waals surface area contributed by atoms with Crippen molar-refractivity contribution in [3.8, 4) is 5.69 Å². The number of nitrogens with zero attached hydrogens (tertiary/aromatic N) is 4. The molecule has 0 bridgehead atoms. The van der Waals surface area contributed by atoms with E-state index >= 15 is 0 Å². The SMILES string of the molecule is CN(C)NCc1cnn(-c2ccccc2)n1. The fourth-order valence-corrected chi connectivity index (χ4v) is 1.30. The number of benzene rings is 1. The summed E-state index contributed by atoms with van der Waals surface area (Å²) in [7, 11) is 3.89. The minimum atomic E-state index is 0.680. The highest BCUT2D eigenvalue weighted by atomic mass is 15.5. The number of rotatable bonds is 4. The molecule has 0 radical (unpaired) electrons. The number of hydrogen-bond acceptors (Lipinski definition) is 4. The van der Waals surface area contributed by atoms with E-state index in [1.54, 1.807) is 11.0 Å². The van der Waals surface area contributed by atoms with Gasteiger partial charge in [0.1, 0.15) is 0 Å². The Labute approximate surface area is 94.7 Å². The van der Waals surface area contributed by atoms with Crippen LogP contribution in [0.1, 0.15) is 5.69 Å². The maximum atomic E-state index is 4.37. The molecule has 5 heteroatoms. The van der Waals surface area contributed by atoms with Crippen LogP contribution in [0.5, 0.6) is 0 Å². The standard InChI is InChI=1S/C11H15N5/c1-15(2)12-8-10-9-13-16(14-10)11-6-4-3-5-7-11/h3-7,9,12H,8H2,1-2H3. The topological polar surface area (TPSA) is 46.0 Å². The fraction of sp³-hybridized carbons (Fsp3) is 0.273. The summed E-state index contributed by atoms with van der Waals surface area (Å²) in [5, 5.41) is 10.5. The lowest BCUT2D eigenvalue weighted by Gasteiger charge is -2.09. The van der Waals surface area contributed by atoms with Crippen LogP contribution in [0.3, 0.4) is 0 Å². The zero-order chi connectivity index (χ0) is 11.4. The third-order valence-electron chi connectivity index (χ3n) is 2.10.